The molecule has 3 rings (SSSR count). The Labute approximate surface area is 186 Å². The van der Waals surface area contributed by atoms with Gasteiger partial charge in [0.15, 0.2) is 5.69 Å². The predicted octanol–water partition coefficient (Wildman–Crippen LogP) is 2.09. The van der Waals surface area contributed by atoms with E-state index < -0.39 is 11.2 Å². The summed E-state index contributed by atoms with van der Waals surface area (Å²) in [6.07, 6.45) is 0.704. The van der Waals surface area contributed by atoms with E-state index in [2.05, 4.69) is 4.98 Å². The van der Waals surface area contributed by atoms with Crippen LogP contribution in [0.2, 0.25) is 0 Å². The van der Waals surface area contributed by atoms with Gasteiger partial charge in [-0.25, -0.2) is 4.79 Å². The molecule has 0 spiro atoms. The van der Waals surface area contributed by atoms with Crippen LogP contribution in [0.3, 0.4) is 0 Å². The van der Waals surface area contributed by atoms with Crippen molar-refractivity contribution in [2.45, 2.75) is 26.3 Å². The maximum Gasteiger partial charge on any atom is 0.330 e. The lowest BCUT2D eigenvalue weighted by molar-refractivity contribution is -0.118. The molecule has 0 aliphatic rings. The number of hydrogen-bond acceptors (Lipinski definition) is 5. The number of amides is 1. The van der Waals surface area contributed by atoms with Gasteiger partial charge in [0.05, 0.1) is 13.2 Å². The Bertz CT molecular complexity index is 1180. The number of aromatic amines is 1. The highest BCUT2D eigenvalue weighted by molar-refractivity contribution is 5.95. The van der Waals surface area contributed by atoms with E-state index in [1.807, 2.05) is 61.5 Å². The van der Waals surface area contributed by atoms with Gasteiger partial charge in [0.2, 0.25) is 5.91 Å². The molecule has 168 valence electrons. The third-order valence-corrected chi connectivity index (χ3v) is 5.20. The quantitative estimate of drug-likeness (QED) is 0.534. The monoisotopic (exact) mass is 436 g/mol. The molecule has 0 fully saturated rings. The number of nitrogens with two attached hydrogens (primary N) is 1. The highest BCUT2D eigenvalue weighted by Crippen LogP contribution is 2.19. The topological polar surface area (TPSA) is 110 Å². The van der Waals surface area contributed by atoms with Crippen molar-refractivity contribution < 1.29 is 9.53 Å². The summed E-state index contributed by atoms with van der Waals surface area (Å²) < 4.78 is 6.40. The number of nitrogens with zero attached hydrogens (tertiary/aromatic N) is 2. The summed E-state index contributed by atoms with van der Waals surface area (Å²) in [5.41, 5.74) is 7.90. The van der Waals surface area contributed by atoms with Crippen molar-refractivity contribution in [3.8, 4) is 0 Å². The van der Waals surface area contributed by atoms with Gasteiger partial charge in [-0.3, -0.25) is 19.1 Å². The molecule has 0 saturated heterocycles. The zero-order valence-corrected chi connectivity index (χ0v) is 18.3. The van der Waals surface area contributed by atoms with Crippen LogP contribution in [0.5, 0.6) is 0 Å². The van der Waals surface area contributed by atoms with Crippen LogP contribution in [-0.2, 0) is 22.5 Å². The lowest BCUT2D eigenvalue weighted by Crippen LogP contribution is -2.42. The lowest BCUT2D eigenvalue weighted by atomic mass is 10.1. The normalized spacial score (nSPS) is 10.8. The van der Waals surface area contributed by atoms with Crippen molar-refractivity contribution in [2.75, 3.05) is 30.9 Å². The Hall–Kier alpha value is -3.65. The van der Waals surface area contributed by atoms with Gasteiger partial charge in [-0.1, -0.05) is 60.2 Å². The van der Waals surface area contributed by atoms with Crippen molar-refractivity contribution in [2.24, 2.45) is 0 Å². The van der Waals surface area contributed by atoms with Crippen LogP contribution in [0, 0.1) is 6.92 Å². The molecule has 3 N–H and O–H groups in total. The van der Waals surface area contributed by atoms with Crippen molar-refractivity contribution in [3.63, 3.8) is 0 Å². The number of methoxy groups -OCH3 is 1. The molecule has 1 heterocycles. The minimum atomic E-state index is -0.697. The van der Waals surface area contributed by atoms with Gasteiger partial charge < -0.3 is 15.4 Å². The number of ether oxygens (including phenoxy) is 1. The third kappa shape index (κ3) is 5.53. The molecule has 0 aliphatic carbocycles. The fraction of sp³-hybridized carbons (Fsp3) is 0.292. The summed E-state index contributed by atoms with van der Waals surface area (Å²) in [6.45, 7) is 2.52. The molecular formula is C24H28N4O4. The second-order valence-corrected chi connectivity index (χ2v) is 7.59. The molecule has 1 aromatic heterocycles. The van der Waals surface area contributed by atoms with Gasteiger partial charge >= 0.3 is 5.69 Å². The average molecular weight is 437 g/mol. The SMILES string of the molecule is COCCN(C(=O)CCc1cccc(C)c1)c1c(N)n(Cc2ccccc2)c(=O)[nH]c1=O. The van der Waals surface area contributed by atoms with Crippen LogP contribution >= 0.6 is 0 Å². The number of nitrogen functional groups attached to an aromatic ring is 1. The number of nitrogens with one attached hydrogen (secondary N) is 1. The van der Waals surface area contributed by atoms with E-state index in [0.717, 1.165) is 16.7 Å². The number of carbonyl (C=O) groups is 1. The number of H-pyrrole nitrogens is 1. The van der Waals surface area contributed by atoms with Crippen LogP contribution in [0.1, 0.15) is 23.1 Å². The van der Waals surface area contributed by atoms with E-state index in [-0.39, 0.29) is 43.5 Å². The first-order chi connectivity index (χ1) is 15.4. The van der Waals surface area contributed by atoms with Crippen molar-refractivity contribution in [3.05, 3.63) is 92.1 Å². The number of anilines is 2. The number of aryl methyl sites for hydroxylation is 2. The summed E-state index contributed by atoms with van der Waals surface area (Å²) in [7, 11) is 1.51. The molecule has 0 radical (unpaired) electrons. The molecule has 0 bridgehead atoms. The van der Waals surface area contributed by atoms with E-state index in [1.165, 1.54) is 16.6 Å². The summed E-state index contributed by atoms with van der Waals surface area (Å²) >= 11 is 0. The fourth-order valence-corrected chi connectivity index (χ4v) is 3.56. The number of carbonyl (C=O) groups excluding carboxylic acids is 1. The lowest BCUT2D eigenvalue weighted by Gasteiger charge is -2.24. The van der Waals surface area contributed by atoms with Crippen LogP contribution in [0.15, 0.2) is 64.2 Å². The van der Waals surface area contributed by atoms with Gasteiger partial charge in [0.25, 0.3) is 5.56 Å². The summed E-state index contributed by atoms with van der Waals surface area (Å²) in [5.74, 6) is -0.326. The van der Waals surface area contributed by atoms with Crippen molar-refractivity contribution in [1.29, 1.82) is 0 Å². The molecule has 0 unspecified atom stereocenters. The average Bonchev–Trinajstić information content (AvgIpc) is 2.78. The number of hydrogen-bond donors (Lipinski definition) is 2. The van der Waals surface area contributed by atoms with Crippen LogP contribution in [0.25, 0.3) is 0 Å². The third-order valence-electron chi connectivity index (χ3n) is 5.20. The summed E-state index contributed by atoms with van der Waals surface area (Å²) in [5, 5.41) is 0. The summed E-state index contributed by atoms with van der Waals surface area (Å²) in [4.78, 5) is 41.9. The van der Waals surface area contributed by atoms with Crippen LogP contribution < -0.4 is 21.9 Å². The number of aromatic nitrogens is 2. The van der Waals surface area contributed by atoms with E-state index in [9.17, 15) is 14.4 Å². The maximum atomic E-state index is 13.1. The van der Waals surface area contributed by atoms with Gasteiger partial charge in [0.1, 0.15) is 5.82 Å². The molecule has 8 heteroatoms. The van der Waals surface area contributed by atoms with E-state index >= 15 is 0 Å². The van der Waals surface area contributed by atoms with Gasteiger partial charge in [0, 0.05) is 20.1 Å². The molecule has 0 saturated carbocycles. The predicted molar refractivity (Wildman–Crippen MR) is 125 cm³/mol. The van der Waals surface area contributed by atoms with Crippen molar-refractivity contribution in [1.82, 2.24) is 9.55 Å². The Morgan fingerprint density at radius 1 is 1.09 bits per heavy atom. The van der Waals surface area contributed by atoms with Crippen molar-refractivity contribution >= 4 is 17.4 Å². The minimum absolute atomic E-state index is 0.0353. The number of rotatable bonds is 9. The van der Waals surface area contributed by atoms with Crippen LogP contribution in [-0.4, -0.2) is 35.7 Å². The first-order valence-electron chi connectivity index (χ1n) is 10.4. The highest BCUT2D eigenvalue weighted by atomic mass is 16.5. The molecule has 0 aliphatic heterocycles. The van der Waals surface area contributed by atoms with Gasteiger partial charge in [-0.05, 0) is 24.5 Å². The molecular weight excluding hydrogens is 408 g/mol. The molecule has 2 aromatic carbocycles. The van der Waals surface area contributed by atoms with E-state index in [1.54, 1.807) is 0 Å². The Kier molecular flexibility index (Phi) is 7.62. The smallest absolute Gasteiger partial charge is 0.330 e. The second-order valence-electron chi connectivity index (χ2n) is 7.59. The highest BCUT2D eigenvalue weighted by Gasteiger charge is 2.24. The van der Waals surface area contributed by atoms with Gasteiger partial charge in [-0.15, -0.1) is 0 Å². The van der Waals surface area contributed by atoms with Crippen LogP contribution in [0.4, 0.5) is 11.5 Å². The van der Waals surface area contributed by atoms with E-state index in [4.69, 9.17) is 10.5 Å². The molecule has 32 heavy (non-hydrogen) atoms. The summed E-state index contributed by atoms with van der Waals surface area (Å²) in [6, 6.07) is 17.2. The Morgan fingerprint density at radius 3 is 2.50 bits per heavy atom. The zero-order valence-electron chi connectivity index (χ0n) is 18.3. The second kappa shape index (κ2) is 10.6. The number of benzene rings is 2. The standard InChI is InChI=1S/C24H28N4O4/c1-17-7-6-10-18(15-17)11-12-20(29)27(13-14-32-2)21-22(25)28(24(31)26-23(21)30)16-19-8-4-3-5-9-19/h3-10,15H,11-14,16,25H2,1-2H3,(H,26,30,31). The molecule has 8 nitrogen and oxygen atoms in total. The Balaban J connectivity index is 1.93. The van der Waals surface area contributed by atoms with Gasteiger partial charge in [-0.2, -0.15) is 0 Å². The largest absolute Gasteiger partial charge is 0.383 e. The maximum absolute atomic E-state index is 13.1. The molecule has 0 atom stereocenters. The zero-order chi connectivity index (χ0) is 23.1. The fourth-order valence-electron chi connectivity index (χ4n) is 3.56. The van der Waals surface area contributed by atoms with E-state index in [0.29, 0.717) is 6.42 Å². The first kappa shape index (κ1) is 23.0. The Morgan fingerprint density at radius 2 is 1.81 bits per heavy atom. The first-order valence-corrected chi connectivity index (χ1v) is 10.4. The molecule has 3 aromatic rings. The molecule has 1 amide bonds. The minimum Gasteiger partial charge on any atom is -0.383 e.